The minimum Gasteiger partial charge on any atom is -0.458 e. The van der Waals surface area contributed by atoms with E-state index in [2.05, 4.69) is 126 Å². The third-order valence-electron chi connectivity index (χ3n) is 9.91. The standard InChI is InChI=1S/C45H29N3O2Si/c1-3-12-30(13-4-1)35-28-36(48-45(47-35)31-14-5-2-6-15-31)33-22-24-44-40(27-33)50-38-18-8-10-20-42(38)51(44)41-19-9-7-17-37(41)49-39-26-32(21-23-43(39)51)34-16-11-25-46-29-34/h1-29H. The maximum atomic E-state index is 6.86. The molecule has 10 rings (SSSR count). The predicted molar refractivity (Wildman–Crippen MR) is 205 cm³/mol. The van der Waals surface area contributed by atoms with Crippen LogP contribution >= 0.6 is 0 Å². The molecular formula is C45H29N3O2Si. The van der Waals surface area contributed by atoms with Crippen molar-refractivity contribution in [2.45, 2.75) is 0 Å². The number of benzene rings is 6. The lowest BCUT2D eigenvalue weighted by atomic mass is 10.1. The molecule has 1 spiro atoms. The Kier molecular flexibility index (Phi) is 6.75. The summed E-state index contributed by atoms with van der Waals surface area (Å²) in [5.74, 6) is 4.12. The lowest BCUT2D eigenvalue weighted by Gasteiger charge is -2.43. The van der Waals surface area contributed by atoms with Crippen LogP contribution in [0.25, 0.3) is 45.0 Å². The van der Waals surface area contributed by atoms with Crippen molar-refractivity contribution in [3.63, 3.8) is 0 Å². The second kappa shape index (κ2) is 11.8. The Morgan fingerprint density at radius 3 is 1.51 bits per heavy atom. The van der Waals surface area contributed by atoms with E-state index in [-0.39, 0.29) is 0 Å². The Bertz CT molecular complexity index is 2530. The molecule has 0 bridgehead atoms. The van der Waals surface area contributed by atoms with Crippen molar-refractivity contribution in [1.82, 2.24) is 15.0 Å². The van der Waals surface area contributed by atoms with Crippen LogP contribution in [0.4, 0.5) is 0 Å². The fraction of sp³-hybridized carbons (Fsp3) is 0. The van der Waals surface area contributed by atoms with Crippen LogP contribution in [0.1, 0.15) is 0 Å². The minimum atomic E-state index is -2.93. The van der Waals surface area contributed by atoms with Crippen LogP contribution in [0.3, 0.4) is 0 Å². The number of fused-ring (bicyclic) bond motifs is 8. The van der Waals surface area contributed by atoms with E-state index in [9.17, 15) is 0 Å². The minimum absolute atomic E-state index is 0.679. The van der Waals surface area contributed by atoms with Crippen LogP contribution in [-0.4, -0.2) is 23.0 Å². The average Bonchev–Trinajstić information content (AvgIpc) is 3.21. The molecule has 2 aliphatic rings. The molecule has 0 fully saturated rings. The first-order valence-corrected chi connectivity index (χ1v) is 19.0. The molecule has 0 saturated carbocycles. The van der Waals surface area contributed by atoms with Gasteiger partial charge in [-0.25, -0.2) is 9.97 Å². The summed E-state index contributed by atoms with van der Waals surface area (Å²) in [6, 6.07) is 56.8. The summed E-state index contributed by atoms with van der Waals surface area (Å²) in [6.07, 6.45) is 3.69. The smallest absolute Gasteiger partial charge is 0.196 e. The highest BCUT2D eigenvalue weighted by Gasteiger charge is 2.53. The van der Waals surface area contributed by atoms with Crippen molar-refractivity contribution in [3.05, 3.63) is 176 Å². The van der Waals surface area contributed by atoms with Gasteiger partial charge in [0.1, 0.15) is 23.0 Å². The molecule has 5 nitrogen and oxygen atoms in total. The Hall–Kier alpha value is -6.63. The normalized spacial score (nSPS) is 15.1. The van der Waals surface area contributed by atoms with Crippen LogP contribution in [-0.2, 0) is 0 Å². The summed E-state index contributed by atoms with van der Waals surface area (Å²) >= 11 is 0. The zero-order valence-corrected chi connectivity index (χ0v) is 28.4. The Morgan fingerprint density at radius 1 is 0.373 bits per heavy atom. The fourth-order valence-corrected chi connectivity index (χ4v) is 12.7. The van der Waals surface area contributed by atoms with Gasteiger partial charge in [0, 0.05) is 34.6 Å². The van der Waals surface area contributed by atoms with Gasteiger partial charge in [-0.2, -0.15) is 0 Å². The summed E-state index contributed by atoms with van der Waals surface area (Å²) in [5.41, 5.74) is 6.77. The van der Waals surface area contributed by atoms with Gasteiger partial charge in [0.2, 0.25) is 0 Å². The van der Waals surface area contributed by atoms with Crippen LogP contribution in [0.2, 0.25) is 0 Å². The van der Waals surface area contributed by atoms with Gasteiger partial charge < -0.3 is 9.47 Å². The van der Waals surface area contributed by atoms with E-state index in [4.69, 9.17) is 19.4 Å². The van der Waals surface area contributed by atoms with Crippen LogP contribution in [0.15, 0.2) is 176 Å². The van der Waals surface area contributed by atoms with Crippen molar-refractivity contribution < 1.29 is 9.47 Å². The highest BCUT2D eigenvalue weighted by atomic mass is 28.3. The Morgan fingerprint density at radius 2 is 0.882 bits per heavy atom. The summed E-state index contributed by atoms with van der Waals surface area (Å²) in [4.78, 5) is 14.5. The highest BCUT2D eigenvalue weighted by molar-refractivity contribution is 7.21. The average molecular weight is 672 g/mol. The van der Waals surface area contributed by atoms with Gasteiger partial charge in [-0.15, -0.1) is 0 Å². The molecular weight excluding hydrogens is 643 g/mol. The van der Waals surface area contributed by atoms with E-state index >= 15 is 0 Å². The summed E-state index contributed by atoms with van der Waals surface area (Å²) in [7, 11) is -2.93. The topological polar surface area (TPSA) is 57.1 Å². The predicted octanol–water partition coefficient (Wildman–Crippen LogP) is 8.13. The van der Waals surface area contributed by atoms with E-state index in [1.165, 1.54) is 20.7 Å². The van der Waals surface area contributed by atoms with E-state index in [0.717, 1.165) is 62.2 Å². The number of para-hydroxylation sites is 2. The number of rotatable bonds is 4. The van der Waals surface area contributed by atoms with E-state index in [1.807, 2.05) is 48.7 Å². The Labute approximate surface area is 296 Å². The third-order valence-corrected chi connectivity index (χ3v) is 14.8. The molecule has 8 aromatic rings. The SMILES string of the molecule is c1ccc(-c2cc(-c3ccc4c(c3)Oc3ccccc3[Si]43c4ccccc4Oc4cc(-c5cccnc5)ccc43)nc(-c3ccccc3)n2)cc1. The first-order chi connectivity index (χ1) is 25.3. The molecule has 0 N–H and O–H groups in total. The molecule has 51 heavy (non-hydrogen) atoms. The number of hydrogen-bond acceptors (Lipinski definition) is 5. The van der Waals surface area contributed by atoms with Crippen molar-refractivity contribution in [3.8, 4) is 68.0 Å². The van der Waals surface area contributed by atoms with Crippen LogP contribution in [0, 0.1) is 0 Å². The largest absolute Gasteiger partial charge is 0.458 e. The van der Waals surface area contributed by atoms with E-state index in [1.54, 1.807) is 6.20 Å². The summed E-state index contributed by atoms with van der Waals surface area (Å²) in [6.45, 7) is 0. The van der Waals surface area contributed by atoms with Crippen molar-refractivity contribution in [1.29, 1.82) is 0 Å². The van der Waals surface area contributed by atoms with Gasteiger partial charge in [-0.1, -0.05) is 127 Å². The van der Waals surface area contributed by atoms with Crippen molar-refractivity contribution in [2.75, 3.05) is 0 Å². The quantitative estimate of drug-likeness (QED) is 0.177. The van der Waals surface area contributed by atoms with Gasteiger partial charge in [0.05, 0.1) is 11.4 Å². The number of pyridine rings is 1. The molecule has 2 aliphatic heterocycles. The fourth-order valence-electron chi connectivity index (χ4n) is 7.61. The molecule has 0 aliphatic carbocycles. The van der Waals surface area contributed by atoms with Gasteiger partial charge in [-0.05, 0) is 62.7 Å². The molecule has 6 heteroatoms. The van der Waals surface area contributed by atoms with E-state index < -0.39 is 8.07 Å². The van der Waals surface area contributed by atoms with Gasteiger partial charge in [0.25, 0.3) is 0 Å². The zero-order valence-electron chi connectivity index (χ0n) is 27.4. The monoisotopic (exact) mass is 671 g/mol. The first-order valence-electron chi connectivity index (χ1n) is 17.0. The highest BCUT2D eigenvalue weighted by Crippen LogP contribution is 2.39. The van der Waals surface area contributed by atoms with Crippen molar-refractivity contribution in [2.24, 2.45) is 0 Å². The second-order valence-electron chi connectivity index (χ2n) is 12.8. The third kappa shape index (κ3) is 4.72. The number of aromatic nitrogens is 3. The van der Waals surface area contributed by atoms with Crippen LogP contribution in [0.5, 0.6) is 23.0 Å². The number of nitrogens with zero attached hydrogens (tertiary/aromatic N) is 3. The Balaban J connectivity index is 1.20. The molecule has 4 heterocycles. The van der Waals surface area contributed by atoms with Crippen LogP contribution < -0.4 is 30.2 Å². The lowest BCUT2D eigenvalue weighted by Crippen LogP contribution is -2.77. The maximum Gasteiger partial charge on any atom is 0.196 e. The lowest BCUT2D eigenvalue weighted by molar-refractivity contribution is 0.482. The zero-order chi connectivity index (χ0) is 33.8. The summed E-state index contributed by atoms with van der Waals surface area (Å²) < 4.78 is 13.6. The van der Waals surface area contributed by atoms with Crippen molar-refractivity contribution >= 4 is 28.8 Å². The molecule has 0 amide bonds. The number of hydrogen-bond donors (Lipinski definition) is 0. The first kappa shape index (κ1) is 29.3. The molecule has 1 atom stereocenters. The molecule has 240 valence electrons. The number of ether oxygens (including phenoxy) is 2. The van der Waals surface area contributed by atoms with Gasteiger partial charge in [0.15, 0.2) is 13.9 Å². The van der Waals surface area contributed by atoms with Gasteiger partial charge >= 0.3 is 0 Å². The summed E-state index contributed by atoms with van der Waals surface area (Å²) in [5, 5.41) is 4.78. The molecule has 1 unspecified atom stereocenters. The molecule has 0 radical (unpaired) electrons. The maximum absolute atomic E-state index is 6.86. The molecule has 6 aromatic carbocycles. The molecule has 2 aromatic heterocycles. The van der Waals surface area contributed by atoms with E-state index in [0.29, 0.717) is 5.82 Å². The second-order valence-corrected chi connectivity index (χ2v) is 16.5. The van der Waals surface area contributed by atoms with Gasteiger partial charge in [-0.3, -0.25) is 4.98 Å². The molecule has 0 saturated heterocycles.